The van der Waals surface area contributed by atoms with Crippen LogP contribution in [0.4, 0.5) is 15.8 Å². The van der Waals surface area contributed by atoms with Crippen LogP contribution in [-0.4, -0.2) is 76.8 Å². The largest absolute Gasteiger partial charge is 0.478 e. The first-order chi connectivity index (χ1) is 22.8. The van der Waals surface area contributed by atoms with Gasteiger partial charge in [-0.15, -0.1) is 0 Å². The van der Waals surface area contributed by atoms with Gasteiger partial charge in [0.15, 0.2) is 6.73 Å². The number of aromatic carboxylic acids is 1. The Hall–Kier alpha value is -4.32. The van der Waals surface area contributed by atoms with Crippen molar-refractivity contribution in [3.05, 3.63) is 93.5 Å². The number of benzene rings is 3. The SMILES string of the molecule is O=C(O)c1cc(F)c(-c2cccc3c2OCN(C(=O)c2c(Cl)cc(N4CC(n5cccn5)C4)cc2Cl)C3)cc1N1C2CCC1COC2. The molecule has 242 valence electrons. The van der Waals surface area contributed by atoms with Crippen LogP contribution < -0.4 is 14.5 Å². The number of hydrogen-bond donors (Lipinski definition) is 1. The summed E-state index contributed by atoms with van der Waals surface area (Å²) < 4.78 is 29.4. The maximum Gasteiger partial charge on any atom is 0.337 e. The normalized spacial score (nSPS) is 20.5. The minimum Gasteiger partial charge on any atom is -0.478 e. The van der Waals surface area contributed by atoms with E-state index in [0.717, 1.165) is 37.7 Å². The Morgan fingerprint density at radius 2 is 1.70 bits per heavy atom. The topological polar surface area (TPSA) is 100 Å². The van der Waals surface area contributed by atoms with Crippen LogP contribution in [0.25, 0.3) is 11.1 Å². The third kappa shape index (κ3) is 5.17. The lowest BCUT2D eigenvalue weighted by Crippen LogP contribution is -2.48. The van der Waals surface area contributed by atoms with Gasteiger partial charge in [0.05, 0.1) is 64.7 Å². The van der Waals surface area contributed by atoms with Crippen molar-refractivity contribution in [2.24, 2.45) is 0 Å². The van der Waals surface area contributed by atoms with Crippen molar-refractivity contribution in [2.75, 3.05) is 42.8 Å². The maximum atomic E-state index is 15.7. The molecular weight excluding hydrogens is 648 g/mol. The number of carboxylic acid groups (broad SMARTS) is 1. The summed E-state index contributed by atoms with van der Waals surface area (Å²) in [5.74, 6) is -1.81. The zero-order valence-electron chi connectivity index (χ0n) is 25.1. The van der Waals surface area contributed by atoms with Crippen molar-refractivity contribution in [1.29, 1.82) is 0 Å². The molecule has 1 N–H and O–H groups in total. The van der Waals surface area contributed by atoms with E-state index in [4.69, 9.17) is 32.7 Å². The number of carbonyl (C=O) groups excluding carboxylic acids is 1. The highest BCUT2D eigenvalue weighted by Crippen LogP contribution is 2.43. The number of ether oxygens (including phenoxy) is 2. The number of halogens is 3. The average Bonchev–Trinajstić information content (AvgIpc) is 3.64. The number of anilines is 2. The molecule has 47 heavy (non-hydrogen) atoms. The van der Waals surface area contributed by atoms with Crippen LogP contribution >= 0.6 is 23.2 Å². The molecule has 0 saturated carbocycles. The summed E-state index contributed by atoms with van der Waals surface area (Å²) in [6.07, 6.45) is 5.45. The molecule has 3 aromatic carbocycles. The molecule has 8 rings (SSSR count). The number of aromatic nitrogens is 2. The molecule has 4 aliphatic heterocycles. The lowest BCUT2D eigenvalue weighted by molar-refractivity contribution is 0.0516. The number of rotatable bonds is 6. The van der Waals surface area contributed by atoms with Crippen LogP contribution in [0.2, 0.25) is 10.0 Å². The van der Waals surface area contributed by atoms with Crippen molar-refractivity contribution < 1.29 is 28.6 Å². The number of para-hydroxylation sites is 1. The van der Waals surface area contributed by atoms with Crippen LogP contribution in [0.1, 0.15) is 45.2 Å². The van der Waals surface area contributed by atoms with Gasteiger partial charge in [-0.25, -0.2) is 9.18 Å². The predicted molar refractivity (Wildman–Crippen MR) is 174 cm³/mol. The lowest BCUT2D eigenvalue weighted by atomic mass is 9.96. The van der Waals surface area contributed by atoms with Crippen molar-refractivity contribution in [3.8, 4) is 16.9 Å². The highest BCUT2D eigenvalue weighted by atomic mass is 35.5. The van der Waals surface area contributed by atoms with Gasteiger partial charge >= 0.3 is 5.97 Å². The second-order valence-electron chi connectivity index (χ2n) is 12.4. The van der Waals surface area contributed by atoms with Gasteiger partial charge in [0.2, 0.25) is 0 Å². The summed E-state index contributed by atoms with van der Waals surface area (Å²) in [5, 5.41) is 14.8. The summed E-state index contributed by atoms with van der Waals surface area (Å²) in [5.41, 5.74) is 2.78. The second-order valence-corrected chi connectivity index (χ2v) is 13.2. The fourth-order valence-corrected chi connectivity index (χ4v) is 7.86. The summed E-state index contributed by atoms with van der Waals surface area (Å²) >= 11 is 13.3. The third-order valence-electron chi connectivity index (χ3n) is 9.60. The van der Waals surface area contributed by atoms with E-state index in [1.165, 1.54) is 4.90 Å². The molecule has 2 unspecified atom stereocenters. The molecule has 1 amide bonds. The van der Waals surface area contributed by atoms with Gasteiger partial charge in [0.25, 0.3) is 5.91 Å². The standard InChI is InChI=1S/C34H30Cl2FN5O5/c35-27-9-22(39-14-23(15-39)41-8-2-7-38-41)10-28(36)31(27)33(43)40-13-19-3-1-4-24(32(19)47-18-40)25-12-30(26(34(44)45)11-29(25)37)42-20-5-6-21(42)17-46-16-20/h1-4,7-12,20-21,23H,5-6,13-18H2,(H,44,45). The van der Waals surface area contributed by atoms with Gasteiger partial charge in [0.1, 0.15) is 11.6 Å². The highest BCUT2D eigenvalue weighted by molar-refractivity contribution is 6.40. The van der Waals surface area contributed by atoms with Crippen molar-refractivity contribution in [2.45, 2.75) is 37.5 Å². The Morgan fingerprint density at radius 3 is 2.38 bits per heavy atom. The van der Waals surface area contributed by atoms with Crippen LogP contribution in [-0.2, 0) is 11.3 Å². The second kappa shape index (κ2) is 11.7. The molecule has 2 bridgehead atoms. The first-order valence-corrected chi connectivity index (χ1v) is 16.2. The van der Waals surface area contributed by atoms with E-state index < -0.39 is 11.8 Å². The predicted octanol–water partition coefficient (Wildman–Crippen LogP) is 6.12. The van der Waals surface area contributed by atoms with Crippen LogP contribution in [0.5, 0.6) is 5.75 Å². The van der Waals surface area contributed by atoms with Gasteiger partial charge in [-0.1, -0.05) is 41.4 Å². The Labute approximate surface area is 279 Å². The number of nitrogens with zero attached hydrogens (tertiary/aromatic N) is 5. The molecule has 3 saturated heterocycles. The Balaban J connectivity index is 1.05. The monoisotopic (exact) mass is 677 g/mol. The van der Waals surface area contributed by atoms with Gasteiger partial charge in [-0.05, 0) is 43.2 Å². The molecule has 3 fully saturated rings. The van der Waals surface area contributed by atoms with Crippen molar-refractivity contribution in [3.63, 3.8) is 0 Å². The van der Waals surface area contributed by atoms with E-state index >= 15 is 4.39 Å². The molecular formula is C34H30Cl2FN5O5. The van der Waals surface area contributed by atoms with E-state index in [9.17, 15) is 14.7 Å². The molecule has 4 aliphatic rings. The number of carboxylic acids is 1. The Morgan fingerprint density at radius 1 is 0.957 bits per heavy atom. The highest BCUT2D eigenvalue weighted by Gasteiger charge is 2.40. The van der Waals surface area contributed by atoms with Crippen LogP contribution in [0, 0.1) is 5.82 Å². The molecule has 13 heteroatoms. The van der Waals surface area contributed by atoms with Gasteiger partial charge in [0, 0.05) is 47.9 Å². The number of morpholine rings is 1. The Bertz CT molecular complexity index is 1860. The summed E-state index contributed by atoms with van der Waals surface area (Å²) in [7, 11) is 0. The van der Waals surface area contributed by atoms with Gasteiger partial charge in [-0.3, -0.25) is 9.48 Å². The number of amides is 1. The molecule has 2 atom stereocenters. The average molecular weight is 679 g/mol. The van der Waals surface area contributed by atoms with E-state index in [0.29, 0.717) is 35.8 Å². The molecule has 0 radical (unpaired) electrons. The zero-order chi connectivity index (χ0) is 32.4. The minimum atomic E-state index is -1.19. The molecule has 1 aromatic heterocycles. The molecule has 0 spiro atoms. The number of hydrogen-bond acceptors (Lipinski definition) is 7. The van der Waals surface area contributed by atoms with E-state index in [2.05, 4.69) is 14.9 Å². The Kier molecular flexibility index (Phi) is 7.50. The van der Waals surface area contributed by atoms with Gasteiger partial charge in [-0.2, -0.15) is 5.10 Å². The first-order valence-electron chi connectivity index (χ1n) is 15.5. The van der Waals surface area contributed by atoms with Gasteiger partial charge < -0.3 is 29.3 Å². The van der Waals surface area contributed by atoms with E-state index in [1.807, 2.05) is 23.0 Å². The summed E-state index contributed by atoms with van der Waals surface area (Å²) in [6, 6.07) is 13.7. The van der Waals surface area contributed by atoms with E-state index in [1.54, 1.807) is 36.5 Å². The molecule has 4 aromatic rings. The van der Waals surface area contributed by atoms with Crippen molar-refractivity contribution >= 4 is 46.5 Å². The first kappa shape index (κ1) is 30.0. The quantitative estimate of drug-likeness (QED) is 0.261. The molecule has 5 heterocycles. The van der Waals surface area contributed by atoms with Crippen LogP contribution in [0.15, 0.2) is 60.9 Å². The fraction of sp³-hybridized carbons (Fsp3) is 0.324. The number of carbonyl (C=O) groups is 2. The molecule has 10 nitrogen and oxygen atoms in total. The lowest BCUT2D eigenvalue weighted by Gasteiger charge is -2.41. The maximum absolute atomic E-state index is 15.7. The fourth-order valence-electron chi connectivity index (χ4n) is 7.23. The third-order valence-corrected chi connectivity index (χ3v) is 10.2. The molecule has 0 aliphatic carbocycles. The summed E-state index contributed by atoms with van der Waals surface area (Å²) in [4.78, 5) is 31.6. The zero-order valence-corrected chi connectivity index (χ0v) is 26.6. The smallest absolute Gasteiger partial charge is 0.337 e. The minimum absolute atomic E-state index is 0.0308. The number of fused-ring (bicyclic) bond motifs is 3. The van der Waals surface area contributed by atoms with Crippen LogP contribution in [0.3, 0.4) is 0 Å². The summed E-state index contributed by atoms with van der Waals surface area (Å²) in [6.45, 7) is 2.56. The van der Waals surface area contributed by atoms with E-state index in [-0.39, 0.29) is 64.0 Å². The van der Waals surface area contributed by atoms with Crippen molar-refractivity contribution in [1.82, 2.24) is 14.7 Å².